The maximum absolute atomic E-state index is 4.95. The summed E-state index contributed by atoms with van der Waals surface area (Å²) < 4.78 is 0. The normalized spacial score (nSPS) is 12.0. The van der Waals surface area contributed by atoms with Crippen molar-refractivity contribution in [2.24, 2.45) is 5.92 Å². The molecule has 0 unspecified atom stereocenters. The number of pyridine rings is 1. The van der Waals surface area contributed by atoms with Gasteiger partial charge in [0.1, 0.15) is 0 Å². The van der Waals surface area contributed by atoms with Crippen molar-refractivity contribution in [3.05, 3.63) is 78.0 Å². The largest absolute Gasteiger partial charge is 0.255 e. The Morgan fingerprint density at radius 3 is 2.19 bits per heavy atom. The van der Waals surface area contributed by atoms with Crippen LogP contribution in [0, 0.1) is 12.8 Å². The molecule has 5 rings (SSSR count). The molecule has 0 aliphatic rings. The molecule has 0 saturated heterocycles. The van der Waals surface area contributed by atoms with Crippen LogP contribution >= 0.6 is 0 Å². The van der Waals surface area contributed by atoms with E-state index in [1.165, 1.54) is 48.8 Å². The molecule has 1 nitrogen and oxygen atoms in total. The van der Waals surface area contributed by atoms with Crippen molar-refractivity contribution in [1.29, 1.82) is 0 Å². The molecule has 1 heteroatoms. The predicted molar refractivity (Wildman–Crippen MR) is 118 cm³/mol. The zero-order valence-corrected chi connectivity index (χ0v) is 16.1. The SMILES string of the molecule is Cc1cc2c(ccc3c4cccc(CC(C)C)c4cnc32)c2ccccc12. The number of aryl methyl sites for hydroxylation is 1. The van der Waals surface area contributed by atoms with Crippen molar-refractivity contribution < 1.29 is 0 Å². The molecule has 0 amide bonds. The molecule has 0 atom stereocenters. The highest BCUT2D eigenvalue weighted by molar-refractivity contribution is 6.21. The number of fused-ring (bicyclic) bond motifs is 7. The number of nitrogens with zero attached hydrogens (tertiary/aromatic N) is 1. The van der Waals surface area contributed by atoms with Gasteiger partial charge in [-0.1, -0.05) is 68.4 Å². The van der Waals surface area contributed by atoms with Crippen LogP contribution in [0.4, 0.5) is 0 Å². The predicted octanol–water partition coefficient (Wildman–Crippen LogP) is 7.20. The van der Waals surface area contributed by atoms with Crippen LogP contribution in [0.1, 0.15) is 25.0 Å². The molecule has 0 N–H and O–H groups in total. The molecule has 27 heavy (non-hydrogen) atoms. The fraction of sp³-hybridized carbons (Fsp3) is 0.192. The fourth-order valence-corrected chi connectivity index (χ4v) is 4.45. The van der Waals surface area contributed by atoms with Crippen LogP contribution < -0.4 is 0 Å². The number of hydrogen-bond donors (Lipinski definition) is 0. The second-order valence-electron chi connectivity index (χ2n) is 8.03. The molecule has 0 aliphatic carbocycles. The van der Waals surface area contributed by atoms with E-state index in [2.05, 4.69) is 87.6 Å². The molecule has 0 bridgehead atoms. The lowest BCUT2D eigenvalue weighted by Crippen LogP contribution is -1.96. The van der Waals surface area contributed by atoms with E-state index in [1.807, 2.05) is 0 Å². The van der Waals surface area contributed by atoms with Gasteiger partial charge in [0.05, 0.1) is 5.52 Å². The van der Waals surface area contributed by atoms with E-state index in [1.54, 1.807) is 0 Å². The molecule has 5 aromatic rings. The van der Waals surface area contributed by atoms with Crippen LogP contribution in [0.25, 0.3) is 43.2 Å². The first kappa shape index (κ1) is 16.3. The Balaban J connectivity index is 1.90. The van der Waals surface area contributed by atoms with Crippen LogP contribution in [0.3, 0.4) is 0 Å². The minimum Gasteiger partial charge on any atom is -0.255 e. The standard InChI is InChI=1S/C26H23N/c1-16(2)13-18-7-6-10-21-23-12-11-22-20-9-5-4-8-19(20)17(3)14-24(22)26(23)27-15-25(18)21/h4-12,14-16H,13H2,1-3H3. The topological polar surface area (TPSA) is 12.9 Å². The number of benzene rings is 4. The zero-order valence-electron chi connectivity index (χ0n) is 16.1. The Bertz CT molecular complexity index is 1330. The summed E-state index contributed by atoms with van der Waals surface area (Å²) in [7, 11) is 0. The number of rotatable bonds is 2. The van der Waals surface area contributed by atoms with Gasteiger partial charge in [-0.15, -0.1) is 0 Å². The summed E-state index contributed by atoms with van der Waals surface area (Å²) in [5.74, 6) is 0.636. The Kier molecular flexibility index (Phi) is 3.65. The van der Waals surface area contributed by atoms with Gasteiger partial charge in [-0.25, -0.2) is 0 Å². The molecule has 0 aliphatic heterocycles. The van der Waals surface area contributed by atoms with Gasteiger partial charge in [-0.3, -0.25) is 4.98 Å². The second kappa shape index (κ2) is 6.06. The van der Waals surface area contributed by atoms with E-state index < -0.39 is 0 Å². The van der Waals surface area contributed by atoms with E-state index in [0.717, 1.165) is 11.9 Å². The zero-order chi connectivity index (χ0) is 18.5. The molecular weight excluding hydrogens is 326 g/mol. The van der Waals surface area contributed by atoms with Crippen molar-refractivity contribution in [3.8, 4) is 0 Å². The van der Waals surface area contributed by atoms with Gasteiger partial charge in [0.15, 0.2) is 0 Å². The molecule has 4 aromatic carbocycles. The Morgan fingerprint density at radius 1 is 0.704 bits per heavy atom. The van der Waals surface area contributed by atoms with Crippen molar-refractivity contribution in [3.63, 3.8) is 0 Å². The summed E-state index contributed by atoms with van der Waals surface area (Å²) in [5, 5.41) is 9.02. The lowest BCUT2D eigenvalue weighted by Gasteiger charge is -2.13. The molecule has 1 aromatic heterocycles. The quantitative estimate of drug-likeness (QED) is 0.307. The fourth-order valence-electron chi connectivity index (χ4n) is 4.45. The summed E-state index contributed by atoms with van der Waals surface area (Å²) in [6, 6.07) is 22.2. The van der Waals surface area contributed by atoms with Crippen molar-refractivity contribution in [2.75, 3.05) is 0 Å². The minimum absolute atomic E-state index is 0.636. The summed E-state index contributed by atoms with van der Waals surface area (Å²) in [4.78, 5) is 4.95. The van der Waals surface area contributed by atoms with Crippen molar-refractivity contribution >= 4 is 43.2 Å². The lowest BCUT2D eigenvalue weighted by atomic mass is 9.93. The summed E-state index contributed by atoms with van der Waals surface area (Å²) >= 11 is 0. The summed E-state index contributed by atoms with van der Waals surface area (Å²) in [6.45, 7) is 6.74. The van der Waals surface area contributed by atoms with Crippen molar-refractivity contribution in [1.82, 2.24) is 4.98 Å². The Hall–Kier alpha value is -2.93. The number of hydrogen-bond acceptors (Lipinski definition) is 1. The van der Waals surface area contributed by atoms with Gasteiger partial charge < -0.3 is 0 Å². The van der Waals surface area contributed by atoms with E-state index in [0.29, 0.717) is 5.92 Å². The Labute approximate surface area is 159 Å². The third kappa shape index (κ3) is 2.49. The van der Waals surface area contributed by atoms with Crippen LogP contribution in [0.2, 0.25) is 0 Å². The maximum atomic E-state index is 4.95. The molecule has 1 heterocycles. The average Bonchev–Trinajstić information content (AvgIpc) is 2.67. The van der Waals surface area contributed by atoms with Gasteiger partial charge in [-0.05, 0) is 58.0 Å². The second-order valence-corrected chi connectivity index (χ2v) is 8.03. The highest BCUT2D eigenvalue weighted by Crippen LogP contribution is 2.35. The molecule has 0 spiro atoms. The molecule has 0 radical (unpaired) electrons. The van der Waals surface area contributed by atoms with Gasteiger partial charge in [-0.2, -0.15) is 0 Å². The van der Waals surface area contributed by atoms with Gasteiger partial charge >= 0.3 is 0 Å². The van der Waals surface area contributed by atoms with Gasteiger partial charge in [0.25, 0.3) is 0 Å². The molecule has 0 saturated carbocycles. The number of aromatic nitrogens is 1. The van der Waals surface area contributed by atoms with Crippen LogP contribution in [0.5, 0.6) is 0 Å². The van der Waals surface area contributed by atoms with E-state index in [9.17, 15) is 0 Å². The van der Waals surface area contributed by atoms with Crippen molar-refractivity contribution in [2.45, 2.75) is 27.2 Å². The lowest BCUT2D eigenvalue weighted by molar-refractivity contribution is 0.650. The average molecular weight is 349 g/mol. The smallest absolute Gasteiger partial charge is 0.0787 e. The molecule has 0 fully saturated rings. The van der Waals surface area contributed by atoms with Crippen LogP contribution in [-0.4, -0.2) is 4.98 Å². The van der Waals surface area contributed by atoms with E-state index in [-0.39, 0.29) is 0 Å². The van der Waals surface area contributed by atoms with E-state index >= 15 is 0 Å². The van der Waals surface area contributed by atoms with Gasteiger partial charge in [0, 0.05) is 22.4 Å². The van der Waals surface area contributed by atoms with E-state index in [4.69, 9.17) is 4.98 Å². The third-order valence-electron chi connectivity index (χ3n) is 5.66. The van der Waals surface area contributed by atoms with Crippen LogP contribution in [-0.2, 0) is 6.42 Å². The third-order valence-corrected chi connectivity index (χ3v) is 5.66. The highest BCUT2D eigenvalue weighted by atomic mass is 14.7. The highest BCUT2D eigenvalue weighted by Gasteiger charge is 2.11. The minimum atomic E-state index is 0.636. The summed E-state index contributed by atoms with van der Waals surface area (Å²) in [5.41, 5.74) is 3.81. The van der Waals surface area contributed by atoms with Crippen LogP contribution in [0.15, 0.2) is 66.9 Å². The Morgan fingerprint density at radius 2 is 1.37 bits per heavy atom. The summed E-state index contributed by atoms with van der Waals surface area (Å²) in [6.07, 6.45) is 3.17. The maximum Gasteiger partial charge on any atom is 0.0787 e. The molecule has 132 valence electrons. The monoisotopic (exact) mass is 349 g/mol. The first-order chi connectivity index (χ1) is 13.1. The first-order valence-corrected chi connectivity index (χ1v) is 9.75. The first-order valence-electron chi connectivity index (χ1n) is 9.75. The van der Waals surface area contributed by atoms with Gasteiger partial charge in [0.2, 0.25) is 0 Å². The molecular formula is C26H23N.